The standard InChI is InChI=1S/C26H27FN2O6S/c1-4-34-22-11-13-23(14-12-22)36(32,33)29(21-9-7-20(27)8-10-21)17-25(30)28-24-15-6-19(16-18(24)3)26(31)35-5-2/h6-16H,4-5,17H2,1-3H3,(H,28,30). The van der Waals surface area contributed by atoms with Crippen molar-refractivity contribution in [3.63, 3.8) is 0 Å². The average Bonchev–Trinajstić information content (AvgIpc) is 2.85. The lowest BCUT2D eigenvalue weighted by molar-refractivity contribution is -0.114. The van der Waals surface area contributed by atoms with Crippen molar-refractivity contribution >= 4 is 33.3 Å². The van der Waals surface area contributed by atoms with Crippen LogP contribution in [-0.4, -0.2) is 40.1 Å². The Morgan fingerprint density at radius 1 is 0.944 bits per heavy atom. The Hall–Kier alpha value is -3.92. The Morgan fingerprint density at radius 2 is 1.61 bits per heavy atom. The first-order valence-corrected chi connectivity index (χ1v) is 12.7. The molecule has 0 atom stereocenters. The van der Waals surface area contributed by atoms with Crippen LogP contribution in [0.5, 0.6) is 5.75 Å². The van der Waals surface area contributed by atoms with E-state index >= 15 is 0 Å². The van der Waals surface area contributed by atoms with Crippen LogP contribution in [0.25, 0.3) is 0 Å². The van der Waals surface area contributed by atoms with E-state index in [-0.39, 0.29) is 17.2 Å². The number of anilines is 2. The molecule has 0 bridgehead atoms. The lowest BCUT2D eigenvalue weighted by Crippen LogP contribution is -2.38. The largest absolute Gasteiger partial charge is 0.494 e. The number of halogens is 1. The highest BCUT2D eigenvalue weighted by Crippen LogP contribution is 2.26. The van der Waals surface area contributed by atoms with Gasteiger partial charge >= 0.3 is 5.97 Å². The average molecular weight is 515 g/mol. The predicted molar refractivity (Wildman–Crippen MR) is 134 cm³/mol. The van der Waals surface area contributed by atoms with Crippen molar-refractivity contribution in [2.45, 2.75) is 25.7 Å². The first kappa shape index (κ1) is 26.7. The van der Waals surface area contributed by atoms with E-state index in [0.29, 0.717) is 29.2 Å². The summed E-state index contributed by atoms with van der Waals surface area (Å²) in [5, 5.41) is 2.68. The minimum atomic E-state index is -4.19. The van der Waals surface area contributed by atoms with Gasteiger partial charge < -0.3 is 14.8 Å². The van der Waals surface area contributed by atoms with E-state index in [4.69, 9.17) is 9.47 Å². The Morgan fingerprint density at radius 3 is 2.19 bits per heavy atom. The van der Waals surface area contributed by atoms with Crippen LogP contribution >= 0.6 is 0 Å². The first-order chi connectivity index (χ1) is 17.1. The number of ether oxygens (including phenoxy) is 2. The molecule has 0 fully saturated rings. The molecule has 3 rings (SSSR count). The Kier molecular flexibility index (Phi) is 8.65. The third-order valence-corrected chi connectivity index (χ3v) is 6.92. The summed E-state index contributed by atoms with van der Waals surface area (Å²) in [5.41, 5.74) is 1.45. The fourth-order valence-electron chi connectivity index (χ4n) is 3.39. The number of nitrogens with one attached hydrogen (secondary N) is 1. The van der Waals surface area contributed by atoms with Gasteiger partial charge in [0.25, 0.3) is 10.0 Å². The van der Waals surface area contributed by atoms with Gasteiger partial charge in [-0.1, -0.05) is 0 Å². The fourth-order valence-corrected chi connectivity index (χ4v) is 4.81. The molecule has 1 N–H and O–H groups in total. The molecule has 10 heteroatoms. The van der Waals surface area contributed by atoms with Crippen molar-refractivity contribution in [1.29, 1.82) is 0 Å². The number of hydrogen-bond donors (Lipinski definition) is 1. The highest BCUT2D eigenvalue weighted by atomic mass is 32.2. The Labute approximate surface area is 209 Å². The van der Waals surface area contributed by atoms with Crippen LogP contribution in [0.3, 0.4) is 0 Å². The van der Waals surface area contributed by atoms with E-state index < -0.39 is 34.3 Å². The van der Waals surface area contributed by atoms with E-state index in [9.17, 15) is 22.4 Å². The van der Waals surface area contributed by atoms with Crippen molar-refractivity contribution < 1.29 is 31.9 Å². The minimum absolute atomic E-state index is 0.0574. The van der Waals surface area contributed by atoms with E-state index in [1.165, 1.54) is 42.5 Å². The number of benzene rings is 3. The van der Waals surface area contributed by atoms with E-state index in [1.54, 1.807) is 26.0 Å². The molecule has 0 saturated carbocycles. The molecule has 0 aliphatic rings. The molecule has 0 saturated heterocycles. The quantitative estimate of drug-likeness (QED) is 0.399. The number of carbonyl (C=O) groups is 2. The topological polar surface area (TPSA) is 102 Å². The van der Waals surface area contributed by atoms with E-state index in [1.807, 2.05) is 6.92 Å². The van der Waals surface area contributed by atoms with Crippen LogP contribution in [0.1, 0.15) is 29.8 Å². The van der Waals surface area contributed by atoms with Gasteiger partial charge in [0.15, 0.2) is 0 Å². The minimum Gasteiger partial charge on any atom is -0.494 e. The second-order valence-electron chi connectivity index (χ2n) is 7.69. The Balaban J connectivity index is 1.88. The highest BCUT2D eigenvalue weighted by Gasteiger charge is 2.27. The molecule has 0 radical (unpaired) electrons. The lowest BCUT2D eigenvalue weighted by Gasteiger charge is -2.24. The van der Waals surface area contributed by atoms with Gasteiger partial charge in [0.2, 0.25) is 5.91 Å². The van der Waals surface area contributed by atoms with Gasteiger partial charge in [-0.3, -0.25) is 9.10 Å². The van der Waals surface area contributed by atoms with Gasteiger partial charge in [-0.05, 0) is 93.1 Å². The molecule has 36 heavy (non-hydrogen) atoms. The molecule has 1 amide bonds. The number of rotatable bonds is 10. The number of nitrogens with zero attached hydrogens (tertiary/aromatic N) is 1. The zero-order valence-electron chi connectivity index (χ0n) is 20.2. The molecule has 0 spiro atoms. The Bertz CT molecular complexity index is 1330. The summed E-state index contributed by atoms with van der Waals surface area (Å²) in [4.78, 5) is 24.8. The summed E-state index contributed by atoms with van der Waals surface area (Å²) >= 11 is 0. The molecule has 3 aromatic rings. The van der Waals surface area contributed by atoms with Crippen LogP contribution in [0.2, 0.25) is 0 Å². The zero-order valence-corrected chi connectivity index (χ0v) is 21.0. The monoisotopic (exact) mass is 514 g/mol. The molecule has 0 aliphatic carbocycles. The van der Waals surface area contributed by atoms with Crippen LogP contribution in [0, 0.1) is 12.7 Å². The summed E-state index contributed by atoms with van der Waals surface area (Å²) in [6.07, 6.45) is 0. The second kappa shape index (κ2) is 11.7. The number of carbonyl (C=O) groups excluding carboxylic acids is 2. The number of esters is 1. The van der Waals surface area contributed by atoms with Crippen LogP contribution < -0.4 is 14.4 Å². The van der Waals surface area contributed by atoms with Crippen molar-refractivity contribution in [2.75, 3.05) is 29.4 Å². The van der Waals surface area contributed by atoms with Crippen LogP contribution in [0.4, 0.5) is 15.8 Å². The predicted octanol–water partition coefficient (Wildman–Crippen LogP) is 4.54. The van der Waals surface area contributed by atoms with Crippen LogP contribution in [-0.2, 0) is 19.6 Å². The summed E-state index contributed by atoms with van der Waals surface area (Å²) in [6, 6.07) is 15.2. The summed E-state index contributed by atoms with van der Waals surface area (Å²) in [6.45, 7) is 5.30. The zero-order chi connectivity index (χ0) is 26.3. The van der Waals surface area contributed by atoms with Crippen molar-refractivity contribution in [3.8, 4) is 5.75 Å². The second-order valence-corrected chi connectivity index (χ2v) is 9.55. The third-order valence-electron chi connectivity index (χ3n) is 5.14. The molecular formula is C26H27FN2O6S. The van der Waals surface area contributed by atoms with Gasteiger partial charge in [0.05, 0.1) is 29.4 Å². The van der Waals surface area contributed by atoms with E-state index in [2.05, 4.69) is 5.32 Å². The summed E-state index contributed by atoms with van der Waals surface area (Å²) in [5.74, 6) is -1.15. The summed E-state index contributed by atoms with van der Waals surface area (Å²) < 4.78 is 51.7. The number of aryl methyl sites for hydroxylation is 1. The lowest BCUT2D eigenvalue weighted by atomic mass is 10.1. The van der Waals surface area contributed by atoms with Crippen molar-refractivity contribution in [1.82, 2.24) is 0 Å². The highest BCUT2D eigenvalue weighted by molar-refractivity contribution is 7.92. The third kappa shape index (κ3) is 6.39. The molecule has 0 aromatic heterocycles. The van der Waals surface area contributed by atoms with Crippen molar-refractivity contribution in [3.05, 3.63) is 83.7 Å². The molecular weight excluding hydrogens is 487 g/mol. The smallest absolute Gasteiger partial charge is 0.338 e. The maximum Gasteiger partial charge on any atom is 0.338 e. The van der Waals surface area contributed by atoms with Gasteiger partial charge in [-0.15, -0.1) is 0 Å². The normalized spacial score (nSPS) is 11.0. The molecule has 0 heterocycles. The molecule has 0 aliphatic heterocycles. The molecule has 3 aromatic carbocycles. The van der Waals surface area contributed by atoms with Crippen molar-refractivity contribution in [2.24, 2.45) is 0 Å². The maximum absolute atomic E-state index is 13.5. The molecule has 0 unspecified atom stereocenters. The van der Waals surface area contributed by atoms with E-state index in [0.717, 1.165) is 16.4 Å². The maximum atomic E-state index is 13.5. The summed E-state index contributed by atoms with van der Waals surface area (Å²) in [7, 11) is -4.19. The SMILES string of the molecule is CCOC(=O)c1ccc(NC(=O)CN(c2ccc(F)cc2)S(=O)(=O)c2ccc(OCC)cc2)c(C)c1. The number of amides is 1. The van der Waals surface area contributed by atoms with Gasteiger partial charge in [0, 0.05) is 5.69 Å². The van der Waals surface area contributed by atoms with Gasteiger partial charge in [-0.2, -0.15) is 0 Å². The van der Waals surface area contributed by atoms with Crippen LogP contribution in [0.15, 0.2) is 71.6 Å². The molecule has 190 valence electrons. The fraction of sp³-hybridized carbons (Fsp3) is 0.231. The van der Waals surface area contributed by atoms with Gasteiger partial charge in [0.1, 0.15) is 18.1 Å². The molecule has 8 nitrogen and oxygen atoms in total. The number of hydrogen-bond acceptors (Lipinski definition) is 6. The van der Waals surface area contributed by atoms with Gasteiger partial charge in [-0.25, -0.2) is 17.6 Å². The number of sulfonamides is 1. The first-order valence-electron chi connectivity index (χ1n) is 11.2.